The number of carbonyl (C=O) groups is 1. The molecule has 0 aliphatic heterocycles. The van der Waals surface area contributed by atoms with E-state index in [4.69, 9.17) is 14.2 Å². The first-order chi connectivity index (χ1) is 12.3. The molecule has 1 heterocycles. The first-order valence-corrected chi connectivity index (χ1v) is 8.24. The third-order valence-electron chi connectivity index (χ3n) is 2.80. The van der Waals surface area contributed by atoms with Crippen molar-refractivity contribution in [2.75, 3.05) is 44.8 Å². The zero-order chi connectivity index (χ0) is 19.4. The summed E-state index contributed by atoms with van der Waals surface area (Å²) < 4.78 is 15.8. The van der Waals surface area contributed by atoms with Crippen LogP contribution in [0.2, 0.25) is 0 Å². The van der Waals surface area contributed by atoms with Crippen LogP contribution in [0.4, 0.5) is 16.3 Å². The summed E-state index contributed by atoms with van der Waals surface area (Å²) in [4.78, 5) is 25.3. The molecule has 1 rings (SSSR count). The fraction of sp³-hybridized carbons (Fsp3) is 0.625. The molecule has 0 spiro atoms. The van der Waals surface area contributed by atoms with Gasteiger partial charge in [0.25, 0.3) is 5.69 Å². The first kappa shape index (κ1) is 21.6. The van der Waals surface area contributed by atoms with Crippen LogP contribution in [-0.4, -0.2) is 61.1 Å². The fourth-order valence-electron chi connectivity index (χ4n) is 1.71. The second-order valence-electron chi connectivity index (χ2n) is 6.24. The second kappa shape index (κ2) is 11.2. The summed E-state index contributed by atoms with van der Waals surface area (Å²) in [6.07, 6.45) is 0.728. The van der Waals surface area contributed by atoms with Crippen LogP contribution < -0.4 is 10.6 Å². The van der Waals surface area contributed by atoms with Crippen molar-refractivity contribution in [1.82, 2.24) is 10.3 Å². The number of hydrogen-bond donors (Lipinski definition) is 2. The van der Waals surface area contributed by atoms with Crippen molar-refractivity contribution >= 4 is 17.6 Å². The number of ether oxygens (including phenoxy) is 3. The highest BCUT2D eigenvalue weighted by atomic mass is 16.6. The van der Waals surface area contributed by atoms with Gasteiger partial charge in [-0.15, -0.1) is 0 Å². The first-order valence-electron chi connectivity index (χ1n) is 8.24. The van der Waals surface area contributed by atoms with Crippen LogP contribution in [-0.2, 0) is 14.2 Å². The van der Waals surface area contributed by atoms with Crippen LogP contribution in [0.25, 0.3) is 0 Å². The van der Waals surface area contributed by atoms with Gasteiger partial charge in [0.2, 0.25) is 0 Å². The van der Waals surface area contributed by atoms with Crippen LogP contribution >= 0.6 is 0 Å². The number of amides is 1. The van der Waals surface area contributed by atoms with E-state index in [9.17, 15) is 14.9 Å². The third-order valence-corrected chi connectivity index (χ3v) is 2.80. The standard InChI is InChI=1S/C16H26N4O6/c1-16(2,3)26-15(21)18-7-9-25-11-10-24-8-6-17-14-5-4-13(12-19-14)20(22)23/h4-5,12H,6-11H2,1-3H3,(H,17,19)(H,18,21). The molecule has 0 bridgehead atoms. The summed E-state index contributed by atoms with van der Waals surface area (Å²) in [5.74, 6) is 0.545. The maximum absolute atomic E-state index is 11.4. The van der Waals surface area contributed by atoms with Gasteiger partial charge < -0.3 is 24.8 Å². The van der Waals surface area contributed by atoms with Gasteiger partial charge in [-0.25, -0.2) is 9.78 Å². The van der Waals surface area contributed by atoms with Gasteiger partial charge >= 0.3 is 6.09 Å². The molecule has 2 N–H and O–H groups in total. The van der Waals surface area contributed by atoms with Gasteiger partial charge in [-0.3, -0.25) is 10.1 Å². The number of nitro groups is 1. The summed E-state index contributed by atoms with van der Waals surface area (Å²) in [7, 11) is 0. The number of anilines is 1. The molecular formula is C16H26N4O6. The number of aromatic nitrogens is 1. The molecule has 0 aliphatic rings. The van der Waals surface area contributed by atoms with E-state index >= 15 is 0 Å². The van der Waals surface area contributed by atoms with Crippen molar-refractivity contribution in [2.24, 2.45) is 0 Å². The van der Waals surface area contributed by atoms with E-state index in [0.717, 1.165) is 0 Å². The fourth-order valence-corrected chi connectivity index (χ4v) is 1.71. The summed E-state index contributed by atoms with van der Waals surface area (Å²) in [6, 6.07) is 2.92. The van der Waals surface area contributed by atoms with E-state index in [-0.39, 0.29) is 5.69 Å². The lowest BCUT2D eigenvalue weighted by Gasteiger charge is -2.19. The van der Waals surface area contributed by atoms with E-state index in [1.807, 2.05) is 0 Å². The lowest BCUT2D eigenvalue weighted by atomic mass is 10.2. The van der Waals surface area contributed by atoms with Crippen molar-refractivity contribution in [3.63, 3.8) is 0 Å². The topological polar surface area (TPSA) is 125 Å². The lowest BCUT2D eigenvalue weighted by Crippen LogP contribution is -2.34. The Morgan fingerprint density at radius 1 is 1.15 bits per heavy atom. The smallest absolute Gasteiger partial charge is 0.407 e. The molecule has 0 fully saturated rings. The summed E-state index contributed by atoms with van der Waals surface area (Å²) in [5.41, 5.74) is -0.568. The predicted octanol–water partition coefficient (Wildman–Crippen LogP) is 1.96. The zero-order valence-electron chi connectivity index (χ0n) is 15.3. The minimum atomic E-state index is -0.517. The molecule has 0 aliphatic carbocycles. The highest BCUT2D eigenvalue weighted by Gasteiger charge is 2.15. The third kappa shape index (κ3) is 10.4. The Labute approximate surface area is 152 Å². The molecule has 26 heavy (non-hydrogen) atoms. The Balaban J connectivity index is 1.95. The van der Waals surface area contributed by atoms with E-state index in [2.05, 4.69) is 15.6 Å². The molecule has 0 unspecified atom stereocenters. The van der Waals surface area contributed by atoms with Gasteiger partial charge in [-0.1, -0.05) is 0 Å². The number of alkyl carbamates (subject to hydrolysis) is 1. The van der Waals surface area contributed by atoms with Crippen molar-refractivity contribution in [1.29, 1.82) is 0 Å². The Hall–Kier alpha value is -2.46. The molecule has 146 valence electrons. The Kier molecular flexibility index (Phi) is 9.31. The summed E-state index contributed by atoms with van der Waals surface area (Å²) in [6.45, 7) is 7.92. The Morgan fingerprint density at radius 2 is 1.81 bits per heavy atom. The molecule has 1 amide bonds. The Morgan fingerprint density at radius 3 is 2.35 bits per heavy atom. The average molecular weight is 370 g/mol. The molecular weight excluding hydrogens is 344 g/mol. The number of hydrogen-bond acceptors (Lipinski definition) is 8. The van der Waals surface area contributed by atoms with E-state index in [0.29, 0.717) is 45.3 Å². The van der Waals surface area contributed by atoms with Gasteiger partial charge in [0.15, 0.2) is 0 Å². The van der Waals surface area contributed by atoms with E-state index in [1.165, 1.54) is 12.3 Å². The SMILES string of the molecule is CC(C)(C)OC(=O)NCCOCCOCCNc1ccc([N+](=O)[O-])cn1. The number of pyridine rings is 1. The largest absolute Gasteiger partial charge is 0.444 e. The average Bonchev–Trinajstić information content (AvgIpc) is 2.55. The zero-order valence-corrected chi connectivity index (χ0v) is 15.3. The Bertz CT molecular complexity index is 559. The summed E-state index contributed by atoms with van der Waals surface area (Å²) >= 11 is 0. The second-order valence-corrected chi connectivity index (χ2v) is 6.24. The van der Waals surface area contributed by atoms with Crippen LogP contribution in [0, 0.1) is 10.1 Å². The molecule has 0 aromatic carbocycles. The highest BCUT2D eigenvalue weighted by Crippen LogP contribution is 2.11. The number of nitrogens with zero attached hydrogens (tertiary/aromatic N) is 2. The minimum Gasteiger partial charge on any atom is -0.444 e. The quantitative estimate of drug-likeness (QED) is 0.344. The highest BCUT2D eigenvalue weighted by molar-refractivity contribution is 5.67. The molecule has 10 heteroatoms. The van der Waals surface area contributed by atoms with Crippen LogP contribution in [0.1, 0.15) is 20.8 Å². The predicted molar refractivity (Wildman–Crippen MR) is 95.3 cm³/mol. The molecule has 0 atom stereocenters. The van der Waals surface area contributed by atoms with Crippen LogP contribution in [0.5, 0.6) is 0 Å². The minimum absolute atomic E-state index is 0.0508. The number of rotatable bonds is 11. The molecule has 10 nitrogen and oxygen atoms in total. The lowest BCUT2D eigenvalue weighted by molar-refractivity contribution is -0.385. The van der Waals surface area contributed by atoms with Gasteiger partial charge in [0.1, 0.15) is 17.6 Å². The monoisotopic (exact) mass is 370 g/mol. The van der Waals surface area contributed by atoms with Crippen LogP contribution in [0.15, 0.2) is 18.3 Å². The van der Waals surface area contributed by atoms with E-state index < -0.39 is 16.6 Å². The molecule has 0 radical (unpaired) electrons. The van der Waals surface area contributed by atoms with Crippen LogP contribution in [0.3, 0.4) is 0 Å². The summed E-state index contributed by atoms with van der Waals surface area (Å²) in [5, 5.41) is 16.1. The van der Waals surface area contributed by atoms with Crippen molar-refractivity contribution < 1.29 is 23.9 Å². The molecule has 1 aromatic heterocycles. The number of nitrogens with one attached hydrogen (secondary N) is 2. The normalized spacial score (nSPS) is 11.0. The van der Waals surface area contributed by atoms with Gasteiger partial charge in [-0.05, 0) is 26.8 Å². The van der Waals surface area contributed by atoms with Gasteiger partial charge in [0, 0.05) is 19.2 Å². The molecule has 0 saturated heterocycles. The van der Waals surface area contributed by atoms with Gasteiger partial charge in [-0.2, -0.15) is 0 Å². The number of carbonyl (C=O) groups excluding carboxylic acids is 1. The van der Waals surface area contributed by atoms with E-state index in [1.54, 1.807) is 26.8 Å². The maximum atomic E-state index is 11.4. The van der Waals surface area contributed by atoms with Gasteiger partial charge in [0.05, 0.1) is 31.4 Å². The van der Waals surface area contributed by atoms with Crippen molar-refractivity contribution in [2.45, 2.75) is 26.4 Å². The van der Waals surface area contributed by atoms with Crippen molar-refractivity contribution in [3.05, 3.63) is 28.4 Å². The van der Waals surface area contributed by atoms with Crippen molar-refractivity contribution in [3.8, 4) is 0 Å². The molecule has 0 saturated carbocycles. The molecule has 1 aromatic rings. The maximum Gasteiger partial charge on any atom is 0.407 e.